The number of aryl methyl sites for hydroxylation is 2. The Morgan fingerprint density at radius 2 is 1.85 bits per heavy atom. The SMILES string of the molecule is Cc1ccc(OCC(=O)N[C@H](CN2CCOCC2)c2ccccc2)cc1C. The zero-order valence-electron chi connectivity index (χ0n) is 16.1. The van der Waals surface area contributed by atoms with Crippen molar-refractivity contribution in [3.05, 3.63) is 65.2 Å². The van der Waals surface area contributed by atoms with Crippen LogP contribution in [0.4, 0.5) is 0 Å². The third-order valence-corrected chi connectivity index (χ3v) is 4.93. The molecular formula is C22H28N2O3. The summed E-state index contributed by atoms with van der Waals surface area (Å²) in [6.45, 7) is 8.13. The number of carbonyl (C=O) groups excluding carboxylic acids is 1. The molecule has 1 amide bonds. The lowest BCUT2D eigenvalue weighted by Crippen LogP contribution is -2.44. The Morgan fingerprint density at radius 3 is 2.56 bits per heavy atom. The van der Waals surface area contributed by atoms with Crippen LogP contribution in [0.25, 0.3) is 0 Å². The lowest BCUT2D eigenvalue weighted by atomic mass is 10.1. The maximum Gasteiger partial charge on any atom is 0.258 e. The number of benzene rings is 2. The van der Waals surface area contributed by atoms with Crippen molar-refractivity contribution in [2.45, 2.75) is 19.9 Å². The Labute approximate surface area is 161 Å². The first-order valence-electron chi connectivity index (χ1n) is 9.46. The summed E-state index contributed by atoms with van der Waals surface area (Å²) < 4.78 is 11.1. The van der Waals surface area contributed by atoms with E-state index in [1.165, 1.54) is 5.56 Å². The fourth-order valence-corrected chi connectivity index (χ4v) is 3.15. The van der Waals surface area contributed by atoms with Crippen LogP contribution < -0.4 is 10.1 Å². The molecular weight excluding hydrogens is 340 g/mol. The topological polar surface area (TPSA) is 50.8 Å². The van der Waals surface area contributed by atoms with E-state index in [0.717, 1.165) is 49.7 Å². The van der Waals surface area contributed by atoms with E-state index in [0.29, 0.717) is 0 Å². The minimum absolute atomic E-state index is 0.00887. The van der Waals surface area contributed by atoms with Crippen molar-refractivity contribution < 1.29 is 14.3 Å². The minimum Gasteiger partial charge on any atom is -0.484 e. The molecule has 1 aliphatic heterocycles. The number of carbonyl (C=O) groups is 1. The number of hydrogen-bond donors (Lipinski definition) is 1. The van der Waals surface area contributed by atoms with E-state index in [1.807, 2.05) is 43.3 Å². The quantitative estimate of drug-likeness (QED) is 0.817. The van der Waals surface area contributed by atoms with E-state index >= 15 is 0 Å². The van der Waals surface area contributed by atoms with Crippen molar-refractivity contribution in [1.29, 1.82) is 0 Å². The summed E-state index contributed by atoms with van der Waals surface area (Å²) in [5, 5.41) is 3.13. The van der Waals surface area contributed by atoms with Gasteiger partial charge in [-0.05, 0) is 42.7 Å². The number of rotatable bonds is 7. The van der Waals surface area contributed by atoms with Crippen LogP contribution in [0, 0.1) is 13.8 Å². The van der Waals surface area contributed by atoms with Crippen LogP contribution in [0.5, 0.6) is 5.75 Å². The van der Waals surface area contributed by atoms with Gasteiger partial charge < -0.3 is 14.8 Å². The second-order valence-electron chi connectivity index (χ2n) is 6.98. The van der Waals surface area contributed by atoms with Gasteiger partial charge in [0.1, 0.15) is 5.75 Å². The van der Waals surface area contributed by atoms with E-state index < -0.39 is 0 Å². The molecule has 0 saturated carbocycles. The summed E-state index contributed by atoms with van der Waals surface area (Å²) in [4.78, 5) is 14.8. The van der Waals surface area contributed by atoms with Gasteiger partial charge in [-0.1, -0.05) is 36.4 Å². The molecule has 1 heterocycles. The molecule has 1 fully saturated rings. The lowest BCUT2D eigenvalue weighted by molar-refractivity contribution is -0.124. The summed E-state index contributed by atoms with van der Waals surface area (Å²) in [5.74, 6) is 0.605. The fourth-order valence-electron chi connectivity index (χ4n) is 3.15. The van der Waals surface area contributed by atoms with E-state index in [9.17, 15) is 4.79 Å². The molecule has 2 aromatic carbocycles. The molecule has 1 saturated heterocycles. The maximum absolute atomic E-state index is 12.5. The monoisotopic (exact) mass is 368 g/mol. The number of hydrogen-bond acceptors (Lipinski definition) is 4. The van der Waals surface area contributed by atoms with Crippen molar-refractivity contribution in [2.24, 2.45) is 0 Å². The van der Waals surface area contributed by atoms with Gasteiger partial charge in [0.05, 0.1) is 19.3 Å². The van der Waals surface area contributed by atoms with Gasteiger partial charge >= 0.3 is 0 Å². The van der Waals surface area contributed by atoms with Crippen LogP contribution in [-0.2, 0) is 9.53 Å². The molecule has 1 aliphatic rings. The Morgan fingerprint density at radius 1 is 1.11 bits per heavy atom. The van der Waals surface area contributed by atoms with Crippen LogP contribution in [0.3, 0.4) is 0 Å². The first-order chi connectivity index (χ1) is 13.1. The van der Waals surface area contributed by atoms with E-state index in [2.05, 4.69) is 29.3 Å². The molecule has 3 rings (SSSR count). The van der Waals surface area contributed by atoms with Gasteiger partial charge in [-0.3, -0.25) is 9.69 Å². The smallest absolute Gasteiger partial charge is 0.258 e. The Bertz CT molecular complexity index is 742. The predicted molar refractivity (Wildman–Crippen MR) is 106 cm³/mol. The Balaban J connectivity index is 1.60. The first-order valence-corrected chi connectivity index (χ1v) is 9.46. The molecule has 144 valence electrons. The zero-order valence-corrected chi connectivity index (χ0v) is 16.1. The van der Waals surface area contributed by atoms with Crippen LogP contribution in [0.2, 0.25) is 0 Å². The van der Waals surface area contributed by atoms with Crippen molar-refractivity contribution in [1.82, 2.24) is 10.2 Å². The van der Waals surface area contributed by atoms with Crippen molar-refractivity contribution >= 4 is 5.91 Å². The van der Waals surface area contributed by atoms with Gasteiger partial charge in [-0.15, -0.1) is 0 Å². The maximum atomic E-state index is 12.5. The molecule has 1 atom stereocenters. The van der Waals surface area contributed by atoms with Gasteiger partial charge in [0, 0.05) is 19.6 Å². The normalized spacial score (nSPS) is 15.9. The van der Waals surface area contributed by atoms with Crippen LogP contribution in [-0.4, -0.2) is 50.3 Å². The summed E-state index contributed by atoms with van der Waals surface area (Å²) in [6, 6.07) is 15.9. The Kier molecular flexibility index (Phi) is 6.85. The molecule has 5 nitrogen and oxygen atoms in total. The lowest BCUT2D eigenvalue weighted by Gasteiger charge is -2.31. The van der Waals surface area contributed by atoms with E-state index in [4.69, 9.17) is 9.47 Å². The molecule has 0 unspecified atom stereocenters. The van der Waals surface area contributed by atoms with Gasteiger partial charge in [-0.2, -0.15) is 0 Å². The second-order valence-corrected chi connectivity index (χ2v) is 6.98. The molecule has 0 radical (unpaired) electrons. The molecule has 0 aromatic heterocycles. The summed E-state index contributed by atoms with van der Waals surface area (Å²) in [6.07, 6.45) is 0. The van der Waals surface area contributed by atoms with Crippen molar-refractivity contribution in [3.63, 3.8) is 0 Å². The standard InChI is InChI=1S/C22H28N2O3/c1-17-8-9-20(14-18(17)2)27-16-22(25)23-21(19-6-4-3-5-7-19)15-24-10-12-26-13-11-24/h3-9,14,21H,10-13,15-16H2,1-2H3,(H,23,25)/t21-/m1/s1. The first kappa shape index (κ1) is 19.4. The highest BCUT2D eigenvalue weighted by Crippen LogP contribution is 2.17. The van der Waals surface area contributed by atoms with Gasteiger partial charge in [0.15, 0.2) is 6.61 Å². The number of amides is 1. The average molecular weight is 368 g/mol. The third-order valence-electron chi connectivity index (χ3n) is 4.93. The van der Waals surface area contributed by atoms with Gasteiger partial charge in [-0.25, -0.2) is 0 Å². The third kappa shape index (κ3) is 5.81. The number of nitrogens with zero attached hydrogens (tertiary/aromatic N) is 1. The van der Waals surface area contributed by atoms with E-state index in [-0.39, 0.29) is 18.6 Å². The molecule has 0 bridgehead atoms. The van der Waals surface area contributed by atoms with Crippen LogP contribution >= 0.6 is 0 Å². The summed E-state index contributed by atoms with van der Waals surface area (Å²) in [5.41, 5.74) is 3.47. The van der Waals surface area contributed by atoms with Crippen LogP contribution in [0.1, 0.15) is 22.7 Å². The highest BCUT2D eigenvalue weighted by atomic mass is 16.5. The number of nitrogens with one attached hydrogen (secondary N) is 1. The van der Waals surface area contributed by atoms with Crippen molar-refractivity contribution in [2.75, 3.05) is 39.5 Å². The minimum atomic E-state index is -0.115. The molecule has 2 aromatic rings. The number of morpholine rings is 1. The fraction of sp³-hybridized carbons (Fsp3) is 0.409. The Hall–Kier alpha value is -2.37. The molecule has 27 heavy (non-hydrogen) atoms. The number of ether oxygens (including phenoxy) is 2. The highest BCUT2D eigenvalue weighted by molar-refractivity contribution is 5.78. The summed E-state index contributed by atoms with van der Waals surface area (Å²) >= 11 is 0. The molecule has 5 heteroatoms. The average Bonchev–Trinajstić information content (AvgIpc) is 2.70. The highest BCUT2D eigenvalue weighted by Gasteiger charge is 2.20. The second kappa shape index (κ2) is 9.53. The molecule has 0 aliphatic carbocycles. The molecule has 1 N–H and O–H groups in total. The van der Waals surface area contributed by atoms with E-state index in [1.54, 1.807) is 0 Å². The van der Waals surface area contributed by atoms with Crippen LogP contribution in [0.15, 0.2) is 48.5 Å². The largest absolute Gasteiger partial charge is 0.484 e. The van der Waals surface area contributed by atoms with Crippen molar-refractivity contribution in [3.8, 4) is 5.75 Å². The summed E-state index contributed by atoms with van der Waals surface area (Å²) in [7, 11) is 0. The zero-order chi connectivity index (χ0) is 19.1. The predicted octanol–water partition coefficient (Wildman–Crippen LogP) is 2.87. The van der Waals surface area contributed by atoms with Gasteiger partial charge in [0.2, 0.25) is 0 Å². The van der Waals surface area contributed by atoms with Gasteiger partial charge in [0.25, 0.3) is 5.91 Å². The molecule has 0 spiro atoms.